The molecule has 0 spiro atoms. The second kappa shape index (κ2) is 6.26. The maximum atomic E-state index is 13.1. The first-order valence-electron chi connectivity index (χ1n) is 8.41. The van der Waals surface area contributed by atoms with Crippen molar-refractivity contribution in [3.8, 4) is 0 Å². The molecule has 0 unspecified atom stereocenters. The molecule has 0 fully saturated rings. The third-order valence-electron chi connectivity index (χ3n) is 4.82. The van der Waals surface area contributed by atoms with Crippen molar-refractivity contribution in [2.75, 3.05) is 4.90 Å². The van der Waals surface area contributed by atoms with E-state index in [0.29, 0.717) is 13.0 Å². The smallest absolute Gasteiger partial charge is 0.304 e. The highest BCUT2D eigenvalue weighted by molar-refractivity contribution is 6.06. The summed E-state index contributed by atoms with van der Waals surface area (Å²) in [6.07, 6.45) is -2.06. The number of hydrogen-bond donors (Lipinski definition) is 0. The highest BCUT2D eigenvalue weighted by Crippen LogP contribution is 2.32. The Morgan fingerprint density at radius 1 is 1.04 bits per heavy atom. The van der Waals surface area contributed by atoms with Crippen LogP contribution in [-0.4, -0.2) is 15.7 Å². The number of halogens is 3. The maximum Gasteiger partial charge on any atom is 0.416 e. The SMILES string of the molecule is Cn1ncc2c1Cc1ccccc1N(C(=O)c1ccc(C(F)(F)F)cc1)C2. The van der Waals surface area contributed by atoms with E-state index < -0.39 is 11.7 Å². The van der Waals surface area contributed by atoms with Crippen LogP contribution in [0, 0.1) is 0 Å². The summed E-state index contributed by atoms with van der Waals surface area (Å²) in [7, 11) is 1.86. The Kier molecular flexibility index (Phi) is 4.02. The fourth-order valence-electron chi connectivity index (χ4n) is 3.37. The van der Waals surface area contributed by atoms with E-state index >= 15 is 0 Å². The number of hydrogen-bond acceptors (Lipinski definition) is 2. The molecule has 0 N–H and O–H groups in total. The van der Waals surface area contributed by atoms with Crippen molar-refractivity contribution in [2.24, 2.45) is 7.05 Å². The molecule has 2 heterocycles. The molecule has 0 radical (unpaired) electrons. The first-order valence-corrected chi connectivity index (χ1v) is 8.41. The lowest BCUT2D eigenvalue weighted by Gasteiger charge is -2.23. The minimum atomic E-state index is -4.43. The Morgan fingerprint density at radius 3 is 2.44 bits per heavy atom. The Hall–Kier alpha value is -3.09. The van der Waals surface area contributed by atoms with Gasteiger partial charge in [-0.2, -0.15) is 18.3 Å². The van der Waals surface area contributed by atoms with Crippen molar-refractivity contribution in [1.82, 2.24) is 9.78 Å². The van der Waals surface area contributed by atoms with E-state index in [1.54, 1.807) is 15.8 Å². The standard InChI is InChI=1S/C20H16F3N3O/c1-25-18-10-14-4-2-3-5-17(14)26(12-15(18)11-24-25)19(27)13-6-8-16(9-7-13)20(21,22)23/h2-9,11H,10,12H2,1H3. The summed E-state index contributed by atoms with van der Waals surface area (Å²) in [6, 6.07) is 11.9. The summed E-state index contributed by atoms with van der Waals surface area (Å²) in [5.74, 6) is -0.340. The van der Waals surface area contributed by atoms with Gasteiger partial charge in [0, 0.05) is 36.0 Å². The fourth-order valence-corrected chi connectivity index (χ4v) is 3.37. The van der Waals surface area contributed by atoms with E-state index in [1.807, 2.05) is 31.3 Å². The molecule has 0 aliphatic carbocycles. The van der Waals surface area contributed by atoms with Gasteiger partial charge in [-0.1, -0.05) is 18.2 Å². The molecule has 0 atom stereocenters. The lowest BCUT2D eigenvalue weighted by molar-refractivity contribution is -0.137. The molecule has 1 aromatic heterocycles. The zero-order chi connectivity index (χ0) is 19.2. The summed E-state index contributed by atoms with van der Waals surface area (Å²) >= 11 is 0. The van der Waals surface area contributed by atoms with Gasteiger partial charge in [-0.25, -0.2) is 0 Å². The van der Waals surface area contributed by atoms with Gasteiger partial charge in [0.2, 0.25) is 0 Å². The number of fused-ring (bicyclic) bond motifs is 2. The van der Waals surface area contributed by atoms with Gasteiger partial charge in [-0.15, -0.1) is 0 Å². The van der Waals surface area contributed by atoms with Crippen LogP contribution in [0.2, 0.25) is 0 Å². The molecule has 4 nitrogen and oxygen atoms in total. The van der Waals surface area contributed by atoms with Crippen molar-refractivity contribution >= 4 is 11.6 Å². The summed E-state index contributed by atoms with van der Waals surface area (Å²) < 4.78 is 40.2. The number of aryl methyl sites for hydroxylation is 1. The third-order valence-corrected chi connectivity index (χ3v) is 4.82. The zero-order valence-electron chi connectivity index (χ0n) is 14.5. The summed E-state index contributed by atoms with van der Waals surface area (Å²) in [6.45, 7) is 0.319. The quantitative estimate of drug-likeness (QED) is 0.643. The van der Waals surface area contributed by atoms with Crippen molar-refractivity contribution in [2.45, 2.75) is 19.1 Å². The van der Waals surface area contributed by atoms with E-state index in [1.165, 1.54) is 12.1 Å². The van der Waals surface area contributed by atoms with E-state index in [2.05, 4.69) is 5.10 Å². The number of carbonyl (C=O) groups is 1. The van der Waals surface area contributed by atoms with Gasteiger partial charge in [-0.05, 0) is 35.9 Å². The third kappa shape index (κ3) is 3.09. The fraction of sp³-hybridized carbons (Fsp3) is 0.200. The predicted octanol–water partition coefficient (Wildman–Crippen LogP) is 4.19. The summed E-state index contributed by atoms with van der Waals surface area (Å²) in [5, 5.41) is 4.27. The van der Waals surface area contributed by atoms with Crippen LogP contribution in [-0.2, 0) is 26.2 Å². The number of amides is 1. The minimum Gasteiger partial charge on any atom is -0.304 e. The molecule has 1 amide bonds. The molecule has 0 saturated carbocycles. The largest absolute Gasteiger partial charge is 0.416 e. The van der Waals surface area contributed by atoms with E-state index in [0.717, 1.165) is 34.6 Å². The molecular formula is C20H16F3N3O. The minimum absolute atomic E-state index is 0.213. The number of nitrogens with zero attached hydrogens (tertiary/aromatic N) is 3. The summed E-state index contributed by atoms with van der Waals surface area (Å²) in [4.78, 5) is 14.7. The summed E-state index contributed by atoms with van der Waals surface area (Å²) in [5.41, 5.74) is 3.12. The number of para-hydroxylation sites is 1. The van der Waals surface area contributed by atoms with Crippen molar-refractivity contribution in [3.05, 3.63) is 82.7 Å². The molecule has 27 heavy (non-hydrogen) atoms. The van der Waals surface area contributed by atoms with E-state index in [-0.39, 0.29) is 11.5 Å². The Balaban J connectivity index is 1.74. The molecule has 1 aliphatic heterocycles. The second-order valence-corrected chi connectivity index (χ2v) is 6.51. The van der Waals surface area contributed by atoms with Gasteiger partial charge in [0.05, 0.1) is 18.3 Å². The maximum absolute atomic E-state index is 13.1. The van der Waals surface area contributed by atoms with Gasteiger partial charge < -0.3 is 4.90 Å². The number of rotatable bonds is 1. The van der Waals surface area contributed by atoms with Crippen molar-refractivity contribution in [3.63, 3.8) is 0 Å². The van der Waals surface area contributed by atoms with Crippen LogP contribution < -0.4 is 4.90 Å². The molecule has 3 aromatic rings. The van der Waals surface area contributed by atoms with E-state index in [9.17, 15) is 18.0 Å². The lowest BCUT2D eigenvalue weighted by atomic mass is 10.1. The highest BCUT2D eigenvalue weighted by Gasteiger charge is 2.31. The predicted molar refractivity (Wildman–Crippen MR) is 94.4 cm³/mol. The Labute approximate surface area is 153 Å². The van der Waals surface area contributed by atoms with Crippen LogP contribution in [0.4, 0.5) is 18.9 Å². The molecule has 7 heteroatoms. The average molecular weight is 371 g/mol. The van der Waals surface area contributed by atoms with Gasteiger partial charge in [0.1, 0.15) is 0 Å². The number of alkyl halides is 3. The molecule has 1 aliphatic rings. The van der Waals surface area contributed by atoms with Gasteiger partial charge in [0.25, 0.3) is 5.91 Å². The van der Waals surface area contributed by atoms with Crippen molar-refractivity contribution in [1.29, 1.82) is 0 Å². The lowest BCUT2D eigenvalue weighted by Crippen LogP contribution is -2.30. The normalized spacial score (nSPS) is 13.7. The van der Waals surface area contributed by atoms with Crippen LogP contribution in [0.5, 0.6) is 0 Å². The van der Waals surface area contributed by atoms with Crippen molar-refractivity contribution < 1.29 is 18.0 Å². The van der Waals surface area contributed by atoms with Crippen LogP contribution in [0.1, 0.15) is 32.7 Å². The number of benzene rings is 2. The zero-order valence-corrected chi connectivity index (χ0v) is 14.5. The molecule has 0 bridgehead atoms. The van der Waals surface area contributed by atoms with E-state index in [4.69, 9.17) is 0 Å². The van der Waals surface area contributed by atoms with Crippen LogP contribution in [0.3, 0.4) is 0 Å². The molecule has 2 aromatic carbocycles. The Bertz CT molecular complexity index is 1010. The topological polar surface area (TPSA) is 38.1 Å². The van der Waals surface area contributed by atoms with Gasteiger partial charge in [-0.3, -0.25) is 9.48 Å². The highest BCUT2D eigenvalue weighted by atomic mass is 19.4. The number of carbonyl (C=O) groups excluding carboxylic acids is 1. The van der Waals surface area contributed by atoms with Crippen LogP contribution in [0.15, 0.2) is 54.7 Å². The number of anilines is 1. The Morgan fingerprint density at radius 2 is 1.74 bits per heavy atom. The van der Waals surface area contributed by atoms with Crippen LogP contribution in [0.25, 0.3) is 0 Å². The monoisotopic (exact) mass is 371 g/mol. The molecule has 0 saturated heterocycles. The first-order chi connectivity index (χ1) is 12.8. The van der Waals surface area contributed by atoms with Gasteiger partial charge in [0.15, 0.2) is 0 Å². The molecule has 4 rings (SSSR count). The number of aromatic nitrogens is 2. The first kappa shape index (κ1) is 17.3. The van der Waals surface area contributed by atoms with Gasteiger partial charge >= 0.3 is 6.18 Å². The van der Waals surface area contributed by atoms with Crippen LogP contribution >= 0.6 is 0 Å². The molecule has 138 valence electrons. The molecular weight excluding hydrogens is 355 g/mol. The average Bonchev–Trinajstić information content (AvgIpc) is 2.89. The second-order valence-electron chi connectivity index (χ2n) is 6.51.